The summed E-state index contributed by atoms with van der Waals surface area (Å²) in [4.78, 5) is 0. The van der Waals surface area contributed by atoms with Crippen molar-refractivity contribution in [1.29, 1.82) is 0 Å². The van der Waals surface area contributed by atoms with Crippen LogP contribution in [0.2, 0.25) is 0 Å². The van der Waals surface area contributed by atoms with Crippen LogP contribution >= 0.6 is 0 Å². The Balaban J connectivity index is 0.000000845. The molecular formula is C9H16N2O. The quantitative estimate of drug-likeness (QED) is 0.623. The van der Waals surface area contributed by atoms with Crippen LogP contribution in [0, 0.1) is 6.92 Å². The van der Waals surface area contributed by atoms with Crippen LogP contribution in [0.1, 0.15) is 8.42 Å². The smallest absolute Gasteiger partial charge is 0.118 e. The molecule has 0 radical (unpaired) electrons. The summed E-state index contributed by atoms with van der Waals surface area (Å²) in [5, 5.41) is 6.35. The van der Waals surface area contributed by atoms with Gasteiger partial charge in [0.25, 0.3) is 0 Å². The molecule has 0 amide bonds. The molecule has 0 bridgehead atoms. The number of rotatable bonds is 0. The van der Waals surface area contributed by atoms with Crippen LogP contribution in [0.3, 0.4) is 0 Å². The van der Waals surface area contributed by atoms with E-state index in [1.807, 2.05) is 0 Å². The number of anilines is 2. The zero-order valence-electron chi connectivity index (χ0n) is 7.05. The van der Waals surface area contributed by atoms with Gasteiger partial charge in [-0.25, -0.2) is 0 Å². The van der Waals surface area contributed by atoms with E-state index in [1.54, 1.807) is 0 Å². The second kappa shape index (κ2) is 3.03. The lowest BCUT2D eigenvalue weighted by molar-refractivity contribution is 0.174. The van der Waals surface area contributed by atoms with Gasteiger partial charge in [0.05, 0.1) is 11.4 Å². The van der Waals surface area contributed by atoms with Gasteiger partial charge in [0.2, 0.25) is 0 Å². The van der Waals surface area contributed by atoms with E-state index in [-0.39, 0.29) is 2.85 Å². The van der Waals surface area contributed by atoms with E-state index in [2.05, 4.69) is 35.8 Å². The van der Waals surface area contributed by atoms with E-state index in [9.17, 15) is 0 Å². The maximum atomic E-state index is 5.19. The Morgan fingerprint density at radius 1 is 1.25 bits per heavy atom. The summed E-state index contributed by atoms with van der Waals surface area (Å²) in [5.74, 6) is 0. The molecule has 3 nitrogen and oxygen atoms in total. The van der Waals surface area contributed by atoms with Gasteiger partial charge >= 0.3 is 0 Å². The first-order chi connectivity index (χ1) is 5.86. The molecule has 0 aliphatic carbocycles. The Hall–Kier alpha value is -1.22. The molecule has 68 valence electrons. The normalized spacial score (nSPS) is 15.4. The Bertz CT molecular complexity index is 294. The summed E-state index contributed by atoms with van der Waals surface area (Å²) in [6.45, 7) is 3.22. The van der Waals surface area contributed by atoms with Gasteiger partial charge in [-0.05, 0) is 24.6 Å². The number of benzene rings is 1. The van der Waals surface area contributed by atoms with Crippen molar-refractivity contribution in [3.05, 3.63) is 23.8 Å². The molecule has 0 aromatic heterocycles. The van der Waals surface area contributed by atoms with Crippen LogP contribution in [0.4, 0.5) is 11.4 Å². The standard InChI is InChI=1S/C9H12N2O.2H2/c1-7-2-3-8-9(4-7)11-6-12-5-10-8;;/h2-4,10-11H,5-6H2,1H3;2*1H. The molecule has 0 unspecified atom stereocenters. The topological polar surface area (TPSA) is 33.3 Å². The molecule has 1 aliphatic rings. The van der Waals surface area contributed by atoms with Crippen molar-refractivity contribution in [1.82, 2.24) is 0 Å². The molecular weight excluding hydrogens is 152 g/mol. The molecule has 2 rings (SSSR count). The van der Waals surface area contributed by atoms with E-state index in [4.69, 9.17) is 4.74 Å². The number of fused-ring (bicyclic) bond motifs is 1. The average Bonchev–Trinajstić information content (AvgIpc) is 2.28. The van der Waals surface area contributed by atoms with E-state index in [0.29, 0.717) is 13.5 Å². The molecule has 0 saturated heterocycles. The van der Waals surface area contributed by atoms with Crippen molar-refractivity contribution in [3.63, 3.8) is 0 Å². The lowest BCUT2D eigenvalue weighted by atomic mass is 10.2. The summed E-state index contributed by atoms with van der Waals surface area (Å²) in [6, 6.07) is 6.25. The molecule has 1 aromatic rings. The summed E-state index contributed by atoms with van der Waals surface area (Å²) in [5.41, 5.74) is 3.48. The van der Waals surface area contributed by atoms with Gasteiger partial charge in [0, 0.05) is 2.85 Å². The highest BCUT2D eigenvalue weighted by atomic mass is 16.5. The molecule has 0 saturated carbocycles. The summed E-state index contributed by atoms with van der Waals surface area (Å²) in [7, 11) is 0. The van der Waals surface area contributed by atoms with Gasteiger partial charge in [-0.1, -0.05) is 6.07 Å². The van der Waals surface area contributed by atoms with Crippen molar-refractivity contribution in [2.24, 2.45) is 0 Å². The van der Waals surface area contributed by atoms with Gasteiger partial charge in [0.15, 0.2) is 0 Å². The van der Waals surface area contributed by atoms with Crippen molar-refractivity contribution in [2.75, 3.05) is 24.1 Å². The number of nitrogens with one attached hydrogen (secondary N) is 2. The molecule has 0 spiro atoms. The first-order valence-electron chi connectivity index (χ1n) is 4.02. The fraction of sp³-hybridized carbons (Fsp3) is 0.333. The monoisotopic (exact) mass is 168 g/mol. The molecule has 2 N–H and O–H groups in total. The van der Waals surface area contributed by atoms with E-state index in [0.717, 1.165) is 11.4 Å². The zero-order valence-corrected chi connectivity index (χ0v) is 7.05. The molecule has 1 heterocycles. The fourth-order valence-corrected chi connectivity index (χ4v) is 1.27. The van der Waals surface area contributed by atoms with Crippen molar-refractivity contribution < 1.29 is 7.59 Å². The number of ether oxygens (including phenoxy) is 1. The van der Waals surface area contributed by atoms with Crippen molar-refractivity contribution >= 4 is 11.4 Å². The van der Waals surface area contributed by atoms with E-state index >= 15 is 0 Å². The molecule has 0 atom stereocenters. The zero-order chi connectivity index (χ0) is 8.39. The minimum absolute atomic E-state index is 0. The largest absolute Gasteiger partial charge is 0.361 e. The maximum Gasteiger partial charge on any atom is 0.118 e. The summed E-state index contributed by atoms with van der Waals surface area (Å²) in [6.07, 6.45) is 0. The SMILES string of the molecule is Cc1ccc2c(c1)NCOCN2.[HH].[HH]. The van der Waals surface area contributed by atoms with Crippen LogP contribution < -0.4 is 10.6 Å². The van der Waals surface area contributed by atoms with Crippen LogP contribution in [0.25, 0.3) is 0 Å². The van der Waals surface area contributed by atoms with Gasteiger partial charge in [0.1, 0.15) is 13.5 Å². The summed E-state index contributed by atoms with van der Waals surface area (Å²) < 4.78 is 5.19. The first-order valence-corrected chi connectivity index (χ1v) is 4.02. The van der Waals surface area contributed by atoms with Gasteiger partial charge < -0.3 is 15.4 Å². The van der Waals surface area contributed by atoms with E-state index in [1.165, 1.54) is 5.56 Å². The Kier molecular flexibility index (Phi) is 1.87. The van der Waals surface area contributed by atoms with Crippen LogP contribution in [-0.4, -0.2) is 13.5 Å². The predicted octanol–water partition coefficient (Wildman–Crippen LogP) is 2.26. The highest BCUT2D eigenvalue weighted by Gasteiger charge is 2.04. The molecule has 12 heavy (non-hydrogen) atoms. The molecule has 3 heteroatoms. The van der Waals surface area contributed by atoms with E-state index < -0.39 is 0 Å². The third kappa shape index (κ3) is 1.36. The highest BCUT2D eigenvalue weighted by molar-refractivity contribution is 5.69. The second-order valence-electron chi connectivity index (χ2n) is 2.90. The lowest BCUT2D eigenvalue weighted by Gasteiger charge is -2.07. The minimum Gasteiger partial charge on any atom is -0.361 e. The highest BCUT2D eigenvalue weighted by Crippen LogP contribution is 2.23. The van der Waals surface area contributed by atoms with Crippen molar-refractivity contribution in [2.45, 2.75) is 6.92 Å². The summed E-state index contributed by atoms with van der Waals surface area (Å²) >= 11 is 0. The number of hydrogen-bond donors (Lipinski definition) is 2. The van der Waals surface area contributed by atoms with Crippen LogP contribution in [0.5, 0.6) is 0 Å². The van der Waals surface area contributed by atoms with Gasteiger partial charge in [-0.3, -0.25) is 0 Å². The van der Waals surface area contributed by atoms with Gasteiger partial charge in [-0.2, -0.15) is 0 Å². The molecule has 0 fully saturated rings. The van der Waals surface area contributed by atoms with Crippen molar-refractivity contribution in [3.8, 4) is 0 Å². The minimum atomic E-state index is 0. The second-order valence-corrected chi connectivity index (χ2v) is 2.90. The molecule has 1 aromatic carbocycles. The number of hydrogen-bond acceptors (Lipinski definition) is 3. The van der Waals surface area contributed by atoms with Crippen LogP contribution in [-0.2, 0) is 4.74 Å². The van der Waals surface area contributed by atoms with Crippen LogP contribution in [0.15, 0.2) is 18.2 Å². The Morgan fingerprint density at radius 2 is 2.00 bits per heavy atom. The lowest BCUT2D eigenvalue weighted by Crippen LogP contribution is -2.05. The Labute approximate surface area is 74.7 Å². The maximum absolute atomic E-state index is 5.19. The predicted molar refractivity (Wildman–Crippen MR) is 53.5 cm³/mol. The number of aryl methyl sites for hydroxylation is 1. The third-order valence-corrected chi connectivity index (χ3v) is 1.90. The fourth-order valence-electron chi connectivity index (χ4n) is 1.27. The average molecular weight is 168 g/mol. The third-order valence-electron chi connectivity index (χ3n) is 1.90. The Morgan fingerprint density at radius 3 is 2.83 bits per heavy atom. The first kappa shape index (κ1) is 7.43. The van der Waals surface area contributed by atoms with Gasteiger partial charge in [-0.15, -0.1) is 0 Å². The molecule has 1 aliphatic heterocycles.